The maximum atomic E-state index is 12.1. The predicted octanol–water partition coefficient (Wildman–Crippen LogP) is 0.167. The number of rotatable bonds is 7. The minimum Gasteiger partial charge on any atom is -0.480 e. The quantitative estimate of drug-likeness (QED) is 0.691. The van der Waals surface area contributed by atoms with Crippen LogP contribution in [0.3, 0.4) is 0 Å². The van der Waals surface area contributed by atoms with Crippen LogP contribution in [0, 0.1) is 25.2 Å². The summed E-state index contributed by atoms with van der Waals surface area (Å²) in [5, 5.41) is 21.1. The first-order valence-corrected chi connectivity index (χ1v) is 7.40. The van der Waals surface area contributed by atoms with Crippen molar-refractivity contribution in [1.29, 1.82) is 5.26 Å². The molecule has 110 valence electrons. The van der Waals surface area contributed by atoms with E-state index in [-0.39, 0.29) is 29.2 Å². The molecule has 0 saturated carbocycles. The molecule has 0 aromatic carbocycles. The number of carbonyl (C=O) groups is 1. The summed E-state index contributed by atoms with van der Waals surface area (Å²) in [7, 11) is -3.75. The van der Waals surface area contributed by atoms with Crippen LogP contribution in [-0.2, 0) is 21.4 Å². The monoisotopic (exact) mass is 300 g/mol. The van der Waals surface area contributed by atoms with Gasteiger partial charge in [0.15, 0.2) is 0 Å². The van der Waals surface area contributed by atoms with E-state index in [9.17, 15) is 13.2 Å². The number of aromatic nitrogens is 2. The van der Waals surface area contributed by atoms with Gasteiger partial charge in [0.1, 0.15) is 11.4 Å². The minimum atomic E-state index is -3.75. The number of carboxylic acids is 1. The van der Waals surface area contributed by atoms with Crippen LogP contribution in [0.15, 0.2) is 4.90 Å². The fraction of sp³-hybridized carbons (Fsp3) is 0.545. The highest BCUT2D eigenvalue weighted by molar-refractivity contribution is 7.89. The molecule has 1 rings (SSSR count). The van der Waals surface area contributed by atoms with Gasteiger partial charge in [0.25, 0.3) is 0 Å². The van der Waals surface area contributed by atoms with Gasteiger partial charge in [-0.1, -0.05) is 0 Å². The van der Waals surface area contributed by atoms with Gasteiger partial charge in [-0.25, -0.2) is 13.1 Å². The van der Waals surface area contributed by atoms with E-state index in [1.165, 1.54) is 13.8 Å². The number of sulfonamides is 1. The van der Waals surface area contributed by atoms with E-state index in [1.807, 2.05) is 6.07 Å². The lowest BCUT2D eigenvalue weighted by atomic mass is 10.3. The first kappa shape index (κ1) is 16.1. The first-order chi connectivity index (χ1) is 9.29. The van der Waals surface area contributed by atoms with Crippen LogP contribution in [0.1, 0.15) is 24.2 Å². The van der Waals surface area contributed by atoms with Crippen molar-refractivity contribution in [2.24, 2.45) is 0 Å². The molecule has 0 spiro atoms. The summed E-state index contributed by atoms with van der Waals surface area (Å²) in [4.78, 5) is 10.7. The number of nitrogens with one attached hydrogen (secondary N) is 1. The third-order valence-electron chi connectivity index (χ3n) is 2.63. The average Bonchev–Trinajstić information content (AvgIpc) is 2.60. The normalized spacial score (nSPS) is 11.2. The lowest BCUT2D eigenvalue weighted by Gasteiger charge is -2.06. The number of aliphatic carboxylic acids is 1. The zero-order chi connectivity index (χ0) is 15.3. The van der Waals surface area contributed by atoms with Crippen molar-refractivity contribution in [3.05, 3.63) is 11.4 Å². The van der Waals surface area contributed by atoms with Crippen LogP contribution in [0.2, 0.25) is 0 Å². The van der Waals surface area contributed by atoms with Crippen molar-refractivity contribution in [2.75, 3.05) is 6.54 Å². The van der Waals surface area contributed by atoms with Crippen LogP contribution in [0.25, 0.3) is 0 Å². The second kappa shape index (κ2) is 6.49. The molecule has 1 aromatic heterocycles. The van der Waals surface area contributed by atoms with Gasteiger partial charge in [-0.2, -0.15) is 10.4 Å². The van der Waals surface area contributed by atoms with Crippen molar-refractivity contribution < 1.29 is 18.3 Å². The van der Waals surface area contributed by atoms with Gasteiger partial charge in [0.2, 0.25) is 10.0 Å². The molecule has 2 N–H and O–H groups in total. The van der Waals surface area contributed by atoms with E-state index in [0.717, 1.165) is 4.68 Å². The van der Waals surface area contributed by atoms with E-state index in [4.69, 9.17) is 10.4 Å². The van der Waals surface area contributed by atoms with Gasteiger partial charge in [0, 0.05) is 13.0 Å². The topological polar surface area (TPSA) is 125 Å². The van der Waals surface area contributed by atoms with Crippen LogP contribution in [0.4, 0.5) is 0 Å². The summed E-state index contributed by atoms with van der Waals surface area (Å²) in [6.07, 6.45) is 0.676. The Bertz CT molecular complexity index is 642. The Balaban J connectivity index is 2.98. The molecule has 0 radical (unpaired) electrons. The molecular formula is C11H16N4O4S. The van der Waals surface area contributed by atoms with E-state index >= 15 is 0 Å². The molecule has 0 unspecified atom stereocenters. The summed E-state index contributed by atoms with van der Waals surface area (Å²) in [6.45, 7) is 2.78. The number of aryl methyl sites for hydroxylation is 1. The number of nitriles is 1. The second-order valence-corrected chi connectivity index (χ2v) is 5.91. The molecule has 9 heteroatoms. The minimum absolute atomic E-state index is 0.00397. The van der Waals surface area contributed by atoms with Gasteiger partial charge < -0.3 is 5.11 Å². The third kappa shape index (κ3) is 3.79. The summed E-state index contributed by atoms with van der Waals surface area (Å²) < 4.78 is 27.8. The van der Waals surface area contributed by atoms with E-state index < -0.39 is 22.5 Å². The maximum Gasteiger partial charge on any atom is 0.325 e. The van der Waals surface area contributed by atoms with Crippen molar-refractivity contribution in [3.63, 3.8) is 0 Å². The van der Waals surface area contributed by atoms with Crippen molar-refractivity contribution in [2.45, 2.75) is 38.1 Å². The third-order valence-corrected chi connectivity index (χ3v) is 4.34. The summed E-state index contributed by atoms with van der Waals surface area (Å²) in [5.41, 5.74) is 0.522. The van der Waals surface area contributed by atoms with Crippen LogP contribution >= 0.6 is 0 Å². The van der Waals surface area contributed by atoms with Crippen molar-refractivity contribution in [3.8, 4) is 6.07 Å². The molecule has 20 heavy (non-hydrogen) atoms. The Morgan fingerprint density at radius 3 is 2.70 bits per heavy atom. The van der Waals surface area contributed by atoms with Gasteiger partial charge in [-0.05, 0) is 20.3 Å². The van der Waals surface area contributed by atoms with Crippen molar-refractivity contribution in [1.82, 2.24) is 14.5 Å². The van der Waals surface area contributed by atoms with Gasteiger partial charge in [-0.3, -0.25) is 9.48 Å². The molecule has 0 bridgehead atoms. The first-order valence-electron chi connectivity index (χ1n) is 5.92. The van der Waals surface area contributed by atoms with Crippen molar-refractivity contribution >= 4 is 16.0 Å². The Morgan fingerprint density at radius 2 is 2.15 bits per heavy atom. The maximum absolute atomic E-state index is 12.1. The number of hydrogen-bond acceptors (Lipinski definition) is 5. The fourth-order valence-corrected chi connectivity index (χ4v) is 3.28. The molecule has 0 aliphatic heterocycles. The van der Waals surface area contributed by atoms with E-state index in [2.05, 4.69) is 9.82 Å². The zero-order valence-corrected chi connectivity index (χ0v) is 12.1. The molecule has 1 aromatic rings. The van der Waals surface area contributed by atoms with Crippen LogP contribution in [0.5, 0.6) is 0 Å². The Labute approximate surface area is 117 Å². The molecule has 8 nitrogen and oxygen atoms in total. The zero-order valence-electron chi connectivity index (χ0n) is 11.3. The second-order valence-electron chi connectivity index (χ2n) is 4.21. The lowest BCUT2D eigenvalue weighted by molar-refractivity contribution is -0.137. The molecule has 0 aliphatic rings. The SMILES string of the molecule is Cc1nn(CC(=O)O)c(C)c1S(=O)(=O)NCCCC#N. The molecule has 0 amide bonds. The summed E-state index contributed by atoms with van der Waals surface area (Å²) in [5.74, 6) is -1.10. The standard InChI is InChI=1S/C11H16N4O4S/c1-8-11(9(2)15(14-8)7-10(16)17)20(18,19)13-6-4-3-5-12/h13H,3-4,6-7H2,1-2H3,(H,16,17). The van der Waals surface area contributed by atoms with Gasteiger partial charge in [-0.15, -0.1) is 0 Å². The predicted molar refractivity (Wildman–Crippen MR) is 69.4 cm³/mol. The van der Waals surface area contributed by atoms with Gasteiger partial charge in [0.05, 0.1) is 17.5 Å². The molecule has 0 saturated heterocycles. The highest BCUT2D eigenvalue weighted by Crippen LogP contribution is 2.19. The number of carboxylic acid groups (broad SMARTS) is 1. The van der Waals surface area contributed by atoms with E-state index in [1.54, 1.807) is 0 Å². The number of unbranched alkanes of at least 4 members (excludes halogenated alkanes) is 1. The molecule has 0 aliphatic carbocycles. The van der Waals surface area contributed by atoms with Crippen LogP contribution in [-0.4, -0.2) is 35.8 Å². The van der Waals surface area contributed by atoms with E-state index in [0.29, 0.717) is 6.42 Å². The Morgan fingerprint density at radius 1 is 1.50 bits per heavy atom. The van der Waals surface area contributed by atoms with Gasteiger partial charge >= 0.3 is 5.97 Å². The Hall–Kier alpha value is -1.92. The molecular weight excluding hydrogens is 284 g/mol. The molecule has 1 heterocycles. The summed E-state index contributed by atoms with van der Waals surface area (Å²) >= 11 is 0. The highest BCUT2D eigenvalue weighted by atomic mass is 32.2. The number of nitrogens with zero attached hydrogens (tertiary/aromatic N) is 3. The Kier molecular flexibility index (Phi) is 5.24. The lowest BCUT2D eigenvalue weighted by Crippen LogP contribution is -2.26. The molecule has 0 atom stereocenters. The smallest absolute Gasteiger partial charge is 0.325 e. The highest BCUT2D eigenvalue weighted by Gasteiger charge is 2.24. The molecule has 0 fully saturated rings. The average molecular weight is 300 g/mol. The summed E-state index contributed by atoms with van der Waals surface area (Å²) in [6, 6.07) is 1.93. The van der Waals surface area contributed by atoms with Crippen LogP contribution < -0.4 is 4.72 Å². The largest absolute Gasteiger partial charge is 0.480 e. The fourth-order valence-electron chi connectivity index (χ4n) is 1.80. The number of hydrogen-bond donors (Lipinski definition) is 2.